The average molecular weight is 444 g/mol. The van der Waals surface area contributed by atoms with Gasteiger partial charge in [0.1, 0.15) is 0 Å². The van der Waals surface area contributed by atoms with Crippen LogP contribution in [0.5, 0.6) is 0 Å². The second kappa shape index (κ2) is 7.25. The van der Waals surface area contributed by atoms with Crippen LogP contribution in [0.2, 0.25) is 10.0 Å². The molecule has 2 aromatic carbocycles. The summed E-state index contributed by atoms with van der Waals surface area (Å²) in [5.74, 6) is 0. The number of thiocarbonyl (C=S) groups is 1. The highest BCUT2D eigenvalue weighted by atomic mass is 79.9. The molecular formula is C14H8BrCl2F3N2S. The molecule has 0 heterocycles. The predicted octanol–water partition coefficient (Wildman–Crippen LogP) is 6.58. The normalized spacial score (nSPS) is 11.2. The molecule has 9 heteroatoms. The number of benzene rings is 2. The number of alkyl halides is 3. The van der Waals surface area contributed by atoms with E-state index in [2.05, 4.69) is 26.6 Å². The van der Waals surface area contributed by atoms with Crippen LogP contribution >= 0.6 is 51.3 Å². The SMILES string of the molecule is FC(F)(F)c1cc(NC(=S)Nc2ccc(Br)cc2Cl)ccc1Cl. The Labute approximate surface area is 154 Å². The van der Waals surface area contributed by atoms with E-state index in [0.717, 1.165) is 16.6 Å². The molecule has 0 aliphatic carbocycles. The van der Waals surface area contributed by atoms with Crippen molar-refractivity contribution in [2.45, 2.75) is 6.18 Å². The first kappa shape index (κ1) is 18.3. The smallest absolute Gasteiger partial charge is 0.332 e. The lowest BCUT2D eigenvalue weighted by atomic mass is 10.2. The van der Waals surface area contributed by atoms with Crippen molar-refractivity contribution in [3.05, 3.63) is 56.5 Å². The monoisotopic (exact) mass is 442 g/mol. The van der Waals surface area contributed by atoms with Gasteiger partial charge in [-0.2, -0.15) is 13.2 Å². The van der Waals surface area contributed by atoms with Crippen molar-refractivity contribution < 1.29 is 13.2 Å². The molecule has 0 atom stereocenters. The molecule has 122 valence electrons. The minimum atomic E-state index is -4.54. The van der Waals surface area contributed by atoms with E-state index in [0.29, 0.717) is 10.7 Å². The minimum absolute atomic E-state index is 0.102. The van der Waals surface area contributed by atoms with Gasteiger partial charge in [-0.05, 0) is 48.6 Å². The summed E-state index contributed by atoms with van der Waals surface area (Å²) in [4.78, 5) is 0. The highest BCUT2D eigenvalue weighted by Gasteiger charge is 2.33. The second-order valence-electron chi connectivity index (χ2n) is 4.40. The second-order valence-corrected chi connectivity index (χ2v) is 6.53. The first-order valence-electron chi connectivity index (χ1n) is 6.06. The lowest BCUT2D eigenvalue weighted by Crippen LogP contribution is -2.19. The summed E-state index contributed by atoms with van der Waals surface area (Å²) in [5.41, 5.74) is -0.251. The van der Waals surface area contributed by atoms with E-state index in [1.165, 1.54) is 6.07 Å². The lowest BCUT2D eigenvalue weighted by Gasteiger charge is -2.14. The van der Waals surface area contributed by atoms with Gasteiger partial charge in [-0.3, -0.25) is 0 Å². The summed E-state index contributed by atoms with van der Waals surface area (Å²) in [6, 6.07) is 8.54. The fraction of sp³-hybridized carbons (Fsp3) is 0.0714. The zero-order valence-corrected chi connectivity index (χ0v) is 15.1. The van der Waals surface area contributed by atoms with Crippen molar-refractivity contribution in [3.8, 4) is 0 Å². The molecular weight excluding hydrogens is 436 g/mol. The molecule has 2 nitrogen and oxygen atoms in total. The van der Waals surface area contributed by atoms with Crippen LogP contribution in [0.4, 0.5) is 24.5 Å². The average Bonchev–Trinajstić information content (AvgIpc) is 2.43. The number of rotatable bonds is 2. The quantitative estimate of drug-likeness (QED) is 0.512. The van der Waals surface area contributed by atoms with Crippen molar-refractivity contribution in [3.63, 3.8) is 0 Å². The summed E-state index contributed by atoms with van der Waals surface area (Å²) < 4.78 is 39.3. The van der Waals surface area contributed by atoms with E-state index in [1.54, 1.807) is 18.2 Å². The maximum atomic E-state index is 12.8. The van der Waals surface area contributed by atoms with E-state index < -0.39 is 11.7 Å². The largest absolute Gasteiger partial charge is 0.417 e. The van der Waals surface area contributed by atoms with Crippen molar-refractivity contribution in [2.75, 3.05) is 10.6 Å². The van der Waals surface area contributed by atoms with E-state index in [1.807, 2.05) is 0 Å². The number of hydrogen-bond donors (Lipinski definition) is 2. The van der Waals surface area contributed by atoms with Crippen LogP contribution in [0.1, 0.15) is 5.56 Å². The van der Waals surface area contributed by atoms with Gasteiger partial charge in [0.15, 0.2) is 5.11 Å². The Balaban J connectivity index is 2.14. The third-order valence-corrected chi connectivity index (χ3v) is 4.05. The summed E-state index contributed by atoms with van der Waals surface area (Å²) in [6.07, 6.45) is -4.54. The van der Waals surface area contributed by atoms with Crippen LogP contribution in [0.15, 0.2) is 40.9 Å². The Bertz CT molecular complexity index is 753. The first-order valence-corrected chi connectivity index (χ1v) is 8.02. The number of nitrogens with one attached hydrogen (secondary N) is 2. The summed E-state index contributed by atoms with van der Waals surface area (Å²) in [6.45, 7) is 0. The number of hydrogen-bond acceptors (Lipinski definition) is 1. The summed E-state index contributed by atoms with van der Waals surface area (Å²) in [5, 5.41) is 5.61. The van der Waals surface area contributed by atoms with Gasteiger partial charge >= 0.3 is 6.18 Å². The molecule has 0 aliphatic heterocycles. The molecule has 0 radical (unpaired) electrons. The molecule has 2 aromatic rings. The molecule has 0 spiro atoms. The van der Waals surface area contributed by atoms with Gasteiger partial charge in [-0.1, -0.05) is 39.1 Å². The standard InChI is InChI=1S/C14H8BrCl2F3N2S/c15-7-1-4-12(11(17)5-7)22-13(23)21-8-2-3-10(16)9(6-8)14(18,19)20/h1-6H,(H2,21,22,23). The molecule has 0 fully saturated rings. The van der Waals surface area contributed by atoms with Crippen molar-refractivity contribution in [1.29, 1.82) is 0 Å². The third-order valence-electron chi connectivity index (χ3n) is 2.71. The van der Waals surface area contributed by atoms with Crippen LogP contribution in [0.25, 0.3) is 0 Å². The van der Waals surface area contributed by atoms with Gasteiger partial charge in [-0.15, -0.1) is 0 Å². The zero-order chi connectivity index (χ0) is 17.2. The highest BCUT2D eigenvalue weighted by molar-refractivity contribution is 9.10. The molecule has 0 aliphatic rings. The van der Waals surface area contributed by atoms with E-state index in [-0.39, 0.29) is 15.8 Å². The molecule has 2 rings (SSSR count). The minimum Gasteiger partial charge on any atom is -0.332 e. The molecule has 0 bridgehead atoms. The van der Waals surface area contributed by atoms with Gasteiger partial charge in [0.2, 0.25) is 0 Å². The van der Waals surface area contributed by atoms with Crippen LogP contribution in [0, 0.1) is 0 Å². The summed E-state index contributed by atoms with van der Waals surface area (Å²) in [7, 11) is 0. The molecule has 0 saturated carbocycles. The van der Waals surface area contributed by atoms with Gasteiger partial charge in [-0.25, -0.2) is 0 Å². The fourth-order valence-corrected chi connectivity index (χ4v) is 2.87. The number of halogens is 6. The maximum Gasteiger partial charge on any atom is 0.417 e. The van der Waals surface area contributed by atoms with Crippen molar-refractivity contribution in [2.24, 2.45) is 0 Å². The Hall–Kier alpha value is -1.02. The Kier molecular flexibility index (Phi) is 5.78. The molecule has 2 N–H and O–H groups in total. The molecule has 0 amide bonds. The zero-order valence-electron chi connectivity index (χ0n) is 11.1. The number of anilines is 2. The Morgan fingerprint density at radius 2 is 1.70 bits per heavy atom. The van der Waals surface area contributed by atoms with Gasteiger partial charge in [0.25, 0.3) is 0 Å². The van der Waals surface area contributed by atoms with Crippen molar-refractivity contribution >= 4 is 67.8 Å². The van der Waals surface area contributed by atoms with E-state index in [9.17, 15) is 13.2 Å². The maximum absolute atomic E-state index is 12.8. The Morgan fingerprint density at radius 3 is 2.30 bits per heavy atom. The first-order chi connectivity index (χ1) is 10.7. The topological polar surface area (TPSA) is 24.1 Å². The third kappa shape index (κ3) is 4.97. The summed E-state index contributed by atoms with van der Waals surface area (Å²) >= 11 is 19.9. The lowest BCUT2D eigenvalue weighted by molar-refractivity contribution is -0.137. The van der Waals surface area contributed by atoms with Crippen LogP contribution in [-0.4, -0.2) is 5.11 Å². The van der Waals surface area contributed by atoms with E-state index >= 15 is 0 Å². The highest BCUT2D eigenvalue weighted by Crippen LogP contribution is 2.36. The van der Waals surface area contributed by atoms with Crippen molar-refractivity contribution in [1.82, 2.24) is 0 Å². The molecule has 23 heavy (non-hydrogen) atoms. The van der Waals surface area contributed by atoms with Crippen LogP contribution in [-0.2, 0) is 6.18 Å². The molecule has 0 unspecified atom stereocenters. The van der Waals surface area contributed by atoms with Crippen LogP contribution < -0.4 is 10.6 Å². The van der Waals surface area contributed by atoms with Gasteiger partial charge < -0.3 is 10.6 Å². The van der Waals surface area contributed by atoms with Gasteiger partial charge in [0.05, 0.1) is 21.3 Å². The molecule has 0 saturated heterocycles. The fourth-order valence-electron chi connectivity index (χ4n) is 1.70. The Morgan fingerprint density at radius 1 is 1.00 bits per heavy atom. The van der Waals surface area contributed by atoms with E-state index in [4.69, 9.17) is 35.4 Å². The van der Waals surface area contributed by atoms with Crippen LogP contribution in [0.3, 0.4) is 0 Å². The van der Waals surface area contributed by atoms with Gasteiger partial charge in [0, 0.05) is 10.2 Å². The molecule has 0 aromatic heterocycles. The predicted molar refractivity (Wildman–Crippen MR) is 95.4 cm³/mol.